The monoisotopic (exact) mass is 347 g/mol. The first-order valence-corrected chi connectivity index (χ1v) is 6.77. The normalized spacial score (nSPS) is 10.5. The Labute approximate surface area is 134 Å². The highest BCUT2D eigenvalue weighted by Crippen LogP contribution is 2.40. The molecule has 0 atom stereocenters. The Morgan fingerprint density at radius 2 is 1.81 bits per heavy atom. The van der Waals surface area contributed by atoms with Crippen LogP contribution >= 0.6 is 34.8 Å². The number of nitro groups is 1. The molecule has 0 aliphatic heterocycles. The van der Waals surface area contributed by atoms with Gasteiger partial charge in [0.05, 0.1) is 26.6 Å². The molecule has 0 amide bonds. The molecule has 0 radical (unpaired) electrons. The second kappa shape index (κ2) is 6.49. The van der Waals surface area contributed by atoms with E-state index in [2.05, 4.69) is 0 Å². The molecule has 0 bridgehead atoms. The van der Waals surface area contributed by atoms with Gasteiger partial charge in [0.15, 0.2) is 5.75 Å². The Morgan fingerprint density at radius 1 is 1.14 bits per heavy atom. The van der Waals surface area contributed by atoms with Crippen LogP contribution in [0.25, 0.3) is 0 Å². The van der Waals surface area contributed by atoms with Crippen molar-refractivity contribution in [2.24, 2.45) is 0 Å². The van der Waals surface area contributed by atoms with Gasteiger partial charge < -0.3 is 9.84 Å². The van der Waals surface area contributed by atoms with E-state index < -0.39 is 4.92 Å². The molecular formula is C13H8Cl3NO4. The molecule has 0 aromatic heterocycles. The maximum absolute atomic E-state index is 11.1. The van der Waals surface area contributed by atoms with E-state index in [-0.39, 0.29) is 38.9 Å². The predicted molar refractivity (Wildman–Crippen MR) is 80.6 cm³/mol. The lowest BCUT2D eigenvalue weighted by atomic mass is 10.2. The largest absolute Gasteiger partial charge is 0.448 e. The summed E-state index contributed by atoms with van der Waals surface area (Å²) < 4.78 is 5.48. The highest BCUT2D eigenvalue weighted by atomic mass is 35.5. The van der Waals surface area contributed by atoms with Gasteiger partial charge in [0.1, 0.15) is 0 Å². The molecule has 2 rings (SSSR count). The van der Waals surface area contributed by atoms with Crippen LogP contribution in [0.1, 0.15) is 5.56 Å². The second-order valence-corrected chi connectivity index (χ2v) is 5.20. The van der Waals surface area contributed by atoms with Gasteiger partial charge in [-0.3, -0.25) is 10.1 Å². The van der Waals surface area contributed by atoms with Gasteiger partial charge in [0, 0.05) is 17.7 Å². The Bertz CT molecular complexity index is 706. The van der Waals surface area contributed by atoms with Crippen molar-refractivity contribution in [3.8, 4) is 11.5 Å². The molecule has 0 spiro atoms. The molecule has 1 N–H and O–H groups in total. The van der Waals surface area contributed by atoms with Gasteiger partial charge in [-0.2, -0.15) is 0 Å². The fraction of sp³-hybridized carbons (Fsp3) is 0.0769. The highest BCUT2D eigenvalue weighted by Gasteiger charge is 2.21. The van der Waals surface area contributed by atoms with Crippen molar-refractivity contribution in [1.82, 2.24) is 0 Å². The van der Waals surface area contributed by atoms with Gasteiger partial charge in [0.2, 0.25) is 5.75 Å². The maximum atomic E-state index is 11.1. The van der Waals surface area contributed by atoms with E-state index in [1.165, 1.54) is 6.07 Å². The zero-order valence-electron chi connectivity index (χ0n) is 10.3. The number of para-hydroxylation sites is 1. The minimum absolute atomic E-state index is 0.0391. The number of halogens is 3. The van der Waals surface area contributed by atoms with E-state index in [0.29, 0.717) is 5.56 Å². The first kappa shape index (κ1) is 15.9. The summed E-state index contributed by atoms with van der Waals surface area (Å²) in [4.78, 5) is 10.4. The Morgan fingerprint density at radius 3 is 2.43 bits per heavy atom. The second-order valence-electron chi connectivity index (χ2n) is 3.98. The number of benzene rings is 2. The Hall–Kier alpha value is -1.53. The zero-order valence-corrected chi connectivity index (χ0v) is 12.6. The lowest BCUT2D eigenvalue weighted by molar-refractivity contribution is -0.385. The minimum atomic E-state index is -0.646. The molecule has 0 heterocycles. The molecule has 0 unspecified atom stereocenters. The van der Waals surface area contributed by atoms with E-state index >= 15 is 0 Å². The van der Waals surface area contributed by atoms with Crippen molar-refractivity contribution in [2.75, 3.05) is 0 Å². The molecule has 2 aromatic rings. The number of nitrogens with zero attached hydrogens (tertiary/aromatic N) is 1. The van der Waals surface area contributed by atoms with Crippen LogP contribution in [0.15, 0.2) is 30.3 Å². The van der Waals surface area contributed by atoms with Crippen LogP contribution in [-0.4, -0.2) is 10.0 Å². The fourth-order valence-corrected chi connectivity index (χ4v) is 2.19. The van der Waals surface area contributed by atoms with Gasteiger partial charge in [-0.05, 0) is 6.07 Å². The summed E-state index contributed by atoms with van der Waals surface area (Å²) >= 11 is 17.6. The third kappa shape index (κ3) is 3.39. The lowest BCUT2D eigenvalue weighted by Crippen LogP contribution is -1.97. The summed E-state index contributed by atoms with van der Waals surface area (Å²) in [6.45, 7) is -0.328. The number of hydrogen-bond donors (Lipinski definition) is 1. The number of aliphatic hydroxyl groups is 1. The van der Waals surface area contributed by atoms with Gasteiger partial charge in [0.25, 0.3) is 0 Å². The number of ether oxygens (including phenoxy) is 1. The van der Waals surface area contributed by atoms with E-state index in [1.807, 2.05) is 0 Å². The molecule has 5 nitrogen and oxygen atoms in total. The van der Waals surface area contributed by atoms with Gasteiger partial charge in [-0.25, -0.2) is 0 Å². The number of nitro benzene ring substituents is 1. The summed E-state index contributed by atoms with van der Waals surface area (Å²) in [5, 5.41) is 20.7. The van der Waals surface area contributed by atoms with Crippen molar-refractivity contribution < 1.29 is 14.8 Å². The molecule has 110 valence electrons. The molecule has 0 saturated heterocycles. The van der Waals surface area contributed by atoms with Crippen LogP contribution in [0.3, 0.4) is 0 Å². The zero-order chi connectivity index (χ0) is 15.6. The summed E-state index contributed by atoms with van der Waals surface area (Å²) in [7, 11) is 0. The molecule has 21 heavy (non-hydrogen) atoms. The Balaban J connectivity index is 2.54. The first-order valence-electron chi connectivity index (χ1n) is 5.63. The number of rotatable bonds is 4. The van der Waals surface area contributed by atoms with Crippen molar-refractivity contribution in [3.63, 3.8) is 0 Å². The van der Waals surface area contributed by atoms with E-state index in [0.717, 1.165) is 6.07 Å². The molecule has 2 aromatic carbocycles. The number of hydrogen-bond acceptors (Lipinski definition) is 4. The summed E-state index contributed by atoms with van der Waals surface area (Å²) in [5.41, 5.74) is 0.0380. The van der Waals surface area contributed by atoms with E-state index in [1.54, 1.807) is 18.2 Å². The minimum Gasteiger partial charge on any atom is -0.448 e. The van der Waals surface area contributed by atoms with Gasteiger partial charge in [-0.1, -0.05) is 46.9 Å². The smallest absolute Gasteiger partial charge is 0.313 e. The van der Waals surface area contributed by atoms with Crippen molar-refractivity contribution in [3.05, 3.63) is 61.1 Å². The summed E-state index contributed by atoms with van der Waals surface area (Å²) in [5.74, 6) is 0.0142. The first-order chi connectivity index (χ1) is 9.93. The Kier molecular flexibility index (Phi) is 4.90. The van der Waals surface area contributed by atoms with Crippen molar-refractivity contribution >= 4 is 40.5 Å². The highest BCUT2D eigenvalue weighted by molar-refractivity contribution is 6.42. The van der Waals surface area contributed by atoms with E-state index in [4.69, 9.17) is 39.5 Å². The van der Waals surface area contributed by atoms with Gasteiger partial charge in [-0.15, -0.1) is 0 Å². The topological polar surface area (TPSA) is 72.6 Å². The quantitative estimate of drug-likeness (QED) is 0.634. The van der Waals surface area contributed by atoms with Crippen LogP contribution in [0.5, 0.6) is 11.5 Å². The molecule has 0 fully saturated rings. The van der Waals surface area contributed by atoms with Crippen LogP contribution < -0.4 is 4.74 Å². The third-order valence-electron chi connectivity index (χ3n) is 2.63. The summed E-state index contributed by atoms with van der Waals surface area (Å²) in [6, 6.07) is 7.08. The predicted octanol–water partition coefficient (Wildman–Crippen LogP) is 4.84. The molecule has 8 heteroatoms. The molecule has 0 aliphatic carbocycles. The van der Waals surface area contributed by atoms with Crippen LogP contribution in [-0.2, 0) is 6.61 Å². The standard InChI is InChI=1S/C13H8Cl3NO4/c14-8-3-1-2-7(6-18)13(8)21-12-5-10(16)9(15)4-11(12)17(19)20/h1-5,18H,6H2. The fourth-order valence-electron chi connectivity index (χ4n) is 1.64. The average molecular weight is 349 g/mol. The van der Waals surface area contributed by atoms with Crippen LogP contribution in [0.2, 0.25) is 15.1 Å². The molecule has 0 aliphatic rings. The van der Waals surface area contributed by atoms with Crippen LogP contribution in [0.4, 0.5) is 5.69 Å². The maximum Gasteiger partial charge on any atom is 0.313 e. The third-order valence-corrected chi connectivity index (χ3v) is 3.65. The van der Waals surface area contributed by atoms with Crippen LogP contribution in [0, 0.1) is 10.1 Å². The van der Waals surface area contributed by atoms with Crippen molar-refractivity contribution in [1.29, 1.82) is 0 Å². The van der Waals surface area contributed by atoms with E-state index in [9.17, 15) is 15.2 Å². The van der Waals surface area contributed by atoms with Gasteiger partial charge >= 0.3 is 5.69 Å². The average Bonchev–Trinajstić information content (AvgIpc) is 2.44. The lowest BCUT2D eigenvalue weighted by Gasteiger charge is -2.12. The molecular weight excluding hydrogens is 341 g/mol. The molecule has 0 saturated carbocycles. The SMILES string of the molecule is O=[N+]([O-])c1cc(Cl)c(Cl)cc1Oc1c(Cl)cccc1CO. The number of aliphatic hydroxyl groups excluding tert-OH is 1. The van der Waals surface area contributed by atoms with Crippen molar-refractivity contribution in [2.45, 2.75) is 6.61 Å². The summed E-state index contributed by atoms with van der Waals surface area (Å²) in [6.07, 6.45) is 0.